The SMILES string of the molecule is CC(C)(C)c1ccc(C(=O)N2CC3[C@@H](NC(=O)COc4ccccc4)C(=O)N3C2C(=O)O)cc1. The van der Waals surface area contributed by atoms with Gasteiger partial charge in [0.2, 0.25) is 12.1 Å². The molecule has 3 amide bonds. The molecule has 0 aliphatic carbocycles. The van der Waals surface area contributed by atoms with Crippen molar-refractivity contribution in [3.63, 3.8) is 0 Å². The summed E-state index contributed by atoms with van der Waals surface area (Å²) in [4.78, 5) is 52.4. The zero-order valence-electron chi connectivity index (χ0n) is 19.2. The average Bonchev–Trinajstić information content (AvgIpc) is 3.17. The quantitative estimate of drug-likeness (QED) is 0.627. The Morgan fingerprint density at radius 3 is 2.29 bits per heavy atom. The minimum atomic E-state index is -1.42. The molecule has 0 saturated carbocycles. The number of amides is 3. The third-order valence-electron chi connectivity index (χ3n) is 6.11. The third kappa shape index (κ3) is 4.33. The Kier molecular flexibility index (Phi) is 6.03. The molecule has 2 heterocycles. The number of rotatable bonds is 6. The van der Waals surface area contributed by atoms with E-state index in [0.717, 1.165) is 10.5 Å². The van der Waals surface area contributed by atoms with Crippen LogP contribution in [0.4, 0.5) is 0 Å². The van der Waals surface area contributed by atoms with Gasteiger partial charge in [0, 0.05) is 12.1 Å². The van der Waals surface area contributed by atoms with Gasteiger partial charge in [0.25, 0.3) is 11.8 Å². The van der Waals surface area contributed by atoms with E-state index in [4.69, 9.17) is 4.74 Å². The average molecular weight is 466 g/mol. The molecule has 2 aliphatic rings. The molecule has 2 saturated heterocycles. The highest BCUT2D eigenvalue weighted by Crippen LogP contribution is 2.34. The molecule has 34 heavy (non-hydrogen) atoms. The second-order valence-electron chi connectivity index (χ2n) is 9.46. The molecule has 2 fully saturated rings. The Bertz CT molecular complexity index is 1110. The normalized spacial score (nSPS) is 21.5. The summed E-state index contributed by atoms with van der Waals surface area (Å²) >= 11 is 0. The molecule has 178 valence electrons. The second kappa shape index (κ2) is 8.81. The highest BCUT2D eigenvalue weighted by Gasteiger charge is 2.61. The van der Waals surface area contributed by atoms with E-state index in [0.29, 0.717) is 11.3 Å². The Balaban J connectivity index is 1.44. The van der Waals surface area contributed by atoms with Crippen LogP contribution in [0.2, 0.25) is 0 Å². The number of hydrogen-bond donors (Lipinski definition) is 2. The fraction of sp³-hybridized carbons (Fsp3) is 0.360. The van der Waals surface area contributed by atoms with Gasteiger partial charge in [0.15, 0.2) is 6.61 Å². The predicted molar refractivity (Wildman–Crippen MR) is 122 cm³/mol. The van der Waals surface area contributed by atoms with E-state index in [1.54, 1.807) is 36.4 Å². The van der Waals surface area contributed by atoms with Crippen LogP contribution >= 0.6 is 0 Å². The first-order valence-electron chi connectivity index (χ1n) is 11.0. The molecule has 2 N–H and O–H groups in total. The summed E-state index contributed by atoms with van der Waals surface area (Å²) in [6.45, 7) is 5.89. The number of carbonyl (C=O) groups excluding carboxylic acids is 3. The van der Waals surface area contributed by atoms with Crippen molar-refractivity contribution in [2.24, 2.45) is 0 Å². The number of para-hydroxylation sites is 1. The summed E-state index contributed by atoms with van der Waals surface area (Å²) in [5.74, 6) is -2.30. The van der Waals surface area contributed by atoms with E-state index in [1.807, 2.05) is 18.2 Å². The maximum absolute atomic E-state index is 13.2. The van der Waals surface area contributed by atoms with Crippen LogP contribution in [0.3, 0.4) is 0 Å². The van der Waals surface area contributed by atoms with E-state index in [2.05, 4.69) is 26.1 Å². The van der Waals surface area contributed by atoms with Crippen LogP contribution in [0.25, 0.3) is 0 Å². The number of hydrogen-bond acceptors (Lipinski definition) is 5. The summed E-state index contributed by atoms with van der Waals surface area (Å²) in [6, 6.07) is 14.3. The molecule has 9 heteroatoms. The summed E-state index contributed by atoms with van der Waals surface area (Å²) in [7, 11) is 0. The van der Waals surface area contributed by atoms with Crippen molar-refractivity contribution in [2.75, 3.05) is 13.2 Å². The molecule has 0 spiro atoms. The van der Waals surface area contributed by atoms with Gasteiger partial charge in [-0.3, -0.25) is 14.4 Å². The number of nitrogens with one attached hydrogen (secondary N) is 1. The first-order valence-corrected chi connectivity index (χ1v) is 11.0. The molecule has 2 aromatic rings. The number of nitrogens with zero attached hydrogens (tertiary/aromatic N) is 2. The number of carboxylic acid groups (broad SMARTS) is 1. The predicted octanol–water partition coefficient (Wildman–Crippen LogP) is 1.63. The Hall–Kier alpha value is -3.88. The van der Waals surface area contributed by atoms with E-state index in [9.17, 15) is 24.3 Å². The smallest absolute Gasteiger partial charge is 0.347 e. The first kappa shape index (κ1) is 23.3. The van der Waals surface area contributed by atoms with Gasteiger partial charge >= 0.3 is 5.97 Å². The number of ether oxygens (including phenoxy) is 1. The van der Waals surface area contributed by atoms with Crippen LogP contribution in [-0.4, -0.2) is 70.0 Å². The van der Waals surface area contributed by atoms with Gasteiger partial charge in [-0.2, -0.15) is 0 Å². The van der Waals surface area contributed by atoms with E-state index in [1.165, 1.54) is 4.90 Å². The van der Waals surface area contributed by atoms with Crippen LogP contribution < -0.4 is 10.1 Å². The molecular formula is C25H27N3O6. The van der Waals surface area contributed by atoms with E-state index >= 15 is 0 Å². The molecule has 0 bridgehead atoms. The number of carbonyl (C=O) groups is 4. The summed E-state index contributed by atoms with van der Waals surface area (Å²) in [5, 5.41) is 12.4. The molecule has 0 aromatic heterocycles. The fourth-order valence-electron chi connectivity index (χ4n) is 4.28. The minimum absolute atomic E-state index is 0.00700. The molecule has 4 rings (SSSR count). The third-order valence-corrected chi connectivity index (χ3v) is 6.11. The van der Waals surface area contributed by atoms with Gasteiger partial charge in [0.1, 0.15) is 11.8 Å². The maximum atomic E-state index is 13.2. The molecular weight excluding hydrogens is 438 g/mol. The zero-order valence-corrected chi connectivity index (χ0v) is 19.2. The number of carboxylic acids is 1. The topological polar surface area (TPSA) is 116 Å². The van der Waals surface area contributed by atoms with E-state index in [-0.39, 0.29) is 18.6 Å². The molecule has 9 nitrogen and oxygen atoms in total. The summed E-state index contributed by atoms with van der Waals surface area (Å²) < 4.78 is 5.40. The minimum Gasteiger partial charge on any atom is -0.484 e. The lowest BCUT2D eigenvalue weighted by Gasteiger charge is -2.43. The van der Waals surface area contributed by atoms with Crippen LogP contribution in [0.1, 0.15) is 36.7 Å². The number of benzene rings is 2. The van der Waals surface area contributed by atoms with Gasteiger partial charge in [-0.15, -0.1) is 0 Å². The zero-order chi connectivity index (χ0) is 24.6. The van der Waals surface area contributed by atoms with Gasteiger partial charge in [-0.05, 0) is 35.2 Å². The first-order chi connectivity index (χ1) is 16.1. The van der Waals surface area contributed by atoms with Crippen LogP contribution in [0, 0.1) is 0 Å². The molecule has 3 atom stereocenters. The van der Waals surface area contributed by atoms with Crippen molar-refractivity contribution < 1.29 is 29.0 Å². The van der Waals surface area contributed by atoms with Gasteiger partial charge in [-0.25, -0.2) is 4.79 Å². The van der Waals surface area contributed by atoms with Crippen molar-refractivity contribution in [1.82, 2.24) is 15.1 Å². The Labute approximate surface area is 197 Å². The Morgan fingerprint density at radius 2 is 1.71 bits per heavy atom. The van der Waals surface area contributed by atoms with Crippen LogP contribution in [0.5, 0.6) is 5.75 Å². The van der Waals surface area contributed by atoms with Crippen LogP contribution in [-0.2, 0) is 19.8 Å². The van der Waals surface area contributed by atoms with Crippen molar-refractivity contribution in [1.29, 1.82) is 0 Å². The van der Waals surface area contributed by atoms with Crippen molar-refractivity contribution in [2.45, 2.75) is 44.4 Å². The standard InChI is InChI=1S/C25H27N3O6/c1-25(2,3)16-11-9-15(10-12-16)22(30)27-13-18-20(23(31)28(18)21(27)24(32)33)26-19(29)14-34-17-7-5-4-6-8-17/h4-12,18,20-21H,13-14H2,1-3H3,(H,26,29)(H,32,33)/t18?,20-,21?/m1/s1. The fourth-order valence-corrected chi connectivity index (χ4v) is 4.28. The molecule has 2 unspecified atom stereocenters. The number of fused-ring (bicyclic) bond motifs is 1. The molecule has 2 aliphatic heterocycles. The van der Waals surface area contributed by atoms with Crippen LogP contribution in [0.15, 0.2) is 54.6 Å². The number of β-lactam (4-membered cyclic amide) rings is 1. The van der Waals surface area contributed by atoms with Gasteiger partial charge in [0.05, 0.1) is 6.04 Å². The van der Waals surface area contributed by atoms with Crippen molar-refractivity contribution >= 4 is 23.7 Å². The Morgan fingerprint density at radius 1 is 1.06 bits per heavy atom. The summed E-state index contributed by atoms with van der Waals surface area (Å²) in [5.41, 5.74) is 1.29. The van der Waals surface area contributed by atoms with Crippen molar-refractivity contribution in [3.8, 4) is 5.75 Å². The highest BCUT2D eigenvalue weighted by molar-refractivity contribution is 6.02. The largest absolute Gasteiger partial charge is 0.484 e. The highest BCUT2D eigenvalue weighted by atomic mass is 16.5. The number of aliphatic carboxylic acids is 1. The lowest BCUT2D eigenvalue weighted by Crippen LogP contribution is -2.71. The summed E-state index contributed by atoms with van der Waals surface area (Å²) in [6.07, 6.45) is -1.42. The second-order valence-corrected chi connectivity index (χ2v) is 9.46. The lowest BCUT2D eigenvalue weighted by molar-refractivity contribution is -0.163. The van der Waals surface area contributed by atoms with Gasteiger partial charge in [-0.1, -0.05) is 51.1 Å². The van der Waals surface area contributed by atoms with E-state index < -0.39 is 41.9 Å². The monoisotopic (exact) mass is 465 g/mol. The van der Waals surface area contributed by atoms with Crippen molar-refractivity contribution in [3.05, 3.63) is 65.7 Å². The molecule has 2 aromatic carbocycles. The maximum Gasteiger partial charge on any atom is 0.347 e. The van der Waals surface area contributed by atoms with Gasteiger partial charge < -0.3 is 25.0 Å². The lowest BCUT2D eigenvalue weighted by atomic mass is 9.86. The molecule has 0 radical (unpaired) electrons.